The average Bonchev–Trinajstić information content (AvgIpc) is 3.63. The molecule has 1 aliphatic rings. The third-order valence-electron chi connectivity index (χ3n) is 8.57. The maximum Gasteiger partial charge on any atom is 0.137 e. The number of aliphatic imine (C=N–C) groups is 1. The van der Waals surface area contributed by atoms with Crippen LogP contribution in [0.3, 0.4) is 0 Å². The fourth-order valence-electron chi connectivity index (χ4n) is 6.64. The highest BCUT2D eigenvalue weighted by atomic mass is 16.3. The summed E-state index contributed by atoms with van der Waals surface area (Å²) >= 11 is 0. The van der Waals surface area contributed by atoms with E-state index in [2.05, 4.69) is 125 Å². The summed E-state index contributed by atoms with van der Waals surface area (Å²) in [7, 11) is 0. The normalized spacial score (nSPS) is 12.8. The maximum absolute atomic E-state index is 6.55. The highest BCUT2D eigenvalue weighted by Gasteiger charge is 2.24. The van der Waals surface area contributed by atoms with E-state index in [0.29, 0.717) is 0 Å². The van der Waals surface area contributed by atoms with Crippen LogP contribution in [0.2, 0.25) is 0 Å². The summed E-state index contributed by atoms with van der Waals surface area (Å²) in [6.45, 7) is 0.756. The van der Waals surface area contributed by atoms with Crippen molar-refractivity contribution < 1.29 is 8.83 Å². The van der Waals surface area contributed by atoms with Gasteiger partial charge in [-0.2, -0.15) is 0 Å². The molecule has 0 unspecified atom stereocenters. The van der Waals surface area contributed by atoms with Gasteiger partial charge >= 0.3 is 0 Å². The SMILES string of the molecule is C1=NCCc2oc3cc(N(c4ccc5c(c4)oc4ccccc45)c4ccccc4-c4ccccc4)c4ccccc4c3c21. The van der Waals surface area contributed by atoms with Crippen LogP contribution in [0.5, 0.6) is 0 Å². The lowest BCUT2D eigenvalue weighted by Gasteiger charge is -2.29. The minimum atomic E-state index is 0.756. The molecule has 0 spiro atoms. The Bertz CT molecular complexity index is 2360. The molecule has 6 aromatic carbocycles. The van der Waals surface area contributed by atoms with Crippen molar-refractivity contribution in [2.75, 3.05) is 11.4 Å². The first-order valence-corrected chi connectivity index (χ1v) is 14.7. The Morgan fingerprint density at radius 1 is 0.558 bits per heavy atom. The summed E-state index contributed by atoms with van der Waals surface area (Å²) in [5.41, 5.74) is 9.15. The van der Waals surface area contributed by atoms with Gasteiger partial charge in [-0.1, -0.05) is 91.0 Å². The molecule has 2 aromatic heterocycles. The van der Waals surface area contributed by atoms with Crippen molar-refractivity contribution in [3.8, 4) is 11.1 Å². The minimum Gasteiger partial charge on any atom is -0.460 e. The van der Waals surface area contributed by atoms with Crippen molar-refractivity contribution in [1.82, 2.24) is 0 Å². The molecule has 0 amide bonds. The summed E-state index contributed by atoms with van der Waals surface area (Å²) in [5, 5.41) is 5.65. The molecule has 8 aromatic rings. The van der Waals surface area contributed by atoms with Crippen molar-refractivity contribution in [2.24, 2.45) is 4.99 Å². The van der Waals surface area contributed by atoms with E-state index in [1.807, 2.05) is 18.3 Å². The lowest BCUT2D eigenvalue weighted by molar-refractivity contribution is 0.547. The molecule has 0 aliphatic carbocycles. The molecule has 0 bridgehead atoms. The van der Waals surface area contributed by atoms with Gasteiger partial charge in [-0.25, -0.2) is 0 Å². The summed E-state index contributed by atoms with van der Waals surface area (Å²) in [4.78, 5) is 6.94. The zero-order valence-corrected chi connectivity index (χ0v) is 23.3. The van der Waals surface area contributed by atoms with Crippen LogP contribution in [0.4, 0.5) is 17.1 Å². The molecule has 0 fully saturated rings. The fraction of sp³-hybridized carbons (Fsp3) is 0.0513. The Labute approximate surface area is 248 Å². The Morgan fingerprint density at radius 2 is 1.30 bits per heavy atom. The first-order valence-electron chi connectivity index (χ1n) is 14.7. The van der Waals surface area contributed by atoms with Gasteiger partial charge in [-0.05, 0) is 35.2 Å². The monoisotopic (exact) mass is 554 g/mol. The predicted molar refractivity (Wildman–Crippen MR) is 177 cm³/mol. The number of fused-ring (bicyclic) bond motifs is 8. The van der Waals surface area contributed by atoms with E-state index < -0.39 is 0 Å². The number of furan rings is 2. The zero-order chi connectivity index (χ0) is 28.3. The molecule has 0 radical (unpaired) electrons. The summed E-state index contributed by atoms with van der Waals surface area (Å²) < 4.78 is 12.9. The Hall–Kier alpha value is -5.61. The molecule has 9 rings (SSSR count). The molecule has 0 N–H and O–H groups in total. The number of hydrogen-bond acceptors (Lipinski definition) is 4. The number of hydrogen-bond donors (Lipinski definition) is 0. The minimum absolute atomic E-state index is 0.756. The molecule has 0 saturated carbocycles. The van der Waals surface area contributed by atoms with Gasteiger partial charge in [-0.3, -0.25) is 4.99 Å². The third-order valence-corrected chi connectivity index (χ3v) is 8.57. The Balaban J connectivity index is 1.37. The average molecular weight is 555 g/mol. The highest BCUT2D eigenvalue weighted by molar-refractivity contribution is 6.19. The van der Waals surface area contributed by atoms with Crippen LogP contribution in [-0.2, 0) is 6.42 Å². The molecule has 4 heteroatoms. The second kappa shape index (κ2) is 9.47. The maximum atomic E-state index is 6.55. The molecule has 1 aliphatic heterocycles. The van der Waals surface area contributed by atoms with E-state index in [1.54, 1.807) is 0 Å². The molecule has 3 heterocycles. The second-order valence-corrected chi connectivity index (χ2v) is 11.0. The number of para-hydroxylation sites is 2. The van der Waals surface area contributed by atoms with Gasteiger partial charge in [0, 0.05) is 69.7 Å². The first-order chi connectivity index (χ1) is 21.3. The number of nitrogens with zero attached hydrogens (tertiary/aromatic N) is 2. The van der Waals surface area contributed by atoms with Crippen molar-refractivity contribution >= 4 is 67.0 Å². The van der Waals surface area contributed by atoms with E-state index in [1.165, 1.54) is 0 Å². The summed E-state index contributed by atoms with van der Waals surface area (Å²) in [6.07, 6.45) is 2.79. The van der Waals surface area contributed by atoms with Gasteiger partial charge in [0.15, 0.2) is 0 Å². The van der Waals surface area contributed by atoms with Crippen LogP contribution in [0.15, 0.2) is 141 Å². The molecule has 204 valence electrons. The topological polar surface area (TPSA) is 41.9 Å². The molecule has 0 atom stereocenters. The highest BCUT2D eigenvalue weighted by Crippen LogP contribution is 2.47. The van der Waals surface area contributed by atoms with Crippen molar-refractivity contribution in [3.63, 3.8) is 0 Å². The first kappa shape index (κ1) is 24.0. The second-order valence-electron chi connectivity index (χ2n) is 11.0. The smallest absolute Gasteiger partial charge is 0.137 e. The van der Waals surface area contributed by atoms with Gasteiger partial charge in [0.05, 0.1) is 11.4 Å². The van der Waals surface area contributed by atoms with Gasteiger partial charge in [-0.15, -0.1) is 0 Å². The van der Waals surface area contributed by atoms with Crippen molar-refractivity contribution in [1.29, 1.82) is 0 Å². The predicted octanol–water partition coefficient (Wildman–Crippen LogP) is 10.6. The van der Waals surface area contributed by atoms with E-state index in [0.717, 1.165) is 96.2 Å². The molecule has 4 nitrogen and oxygen atoms in total. The van der Waals surface area contributed by atoms with Crippen molar-refractivity contribution in [2.45, 2.75) is 6.42 Å². The third kappa shape index (κ3) is 3.73. The van der Waals surface area contributed by atoms with E-state index in [4.69, 9.17) is 8.83 Å². The molecule has 0 saturated heterocycles. The number of rotatable bonds is 4. The number of benzene rings is 6. The Kier molecular flexibility index (Phi) is 5.29. The Morgan fingerprint density at radius 3 is 2.21 bits per heavy atom. The molecular formula is C39H26N2O2. The quantitative estimate of drug-likeness (QED) is 0.217. The lowest BCUT2D eigenvalue weighted by atomic mass is 9.97. The van der Waals surface area contributed by atoms with E-state index in [-0.39, 0.29) is 0 Å². The van der Waals surface area contributed by atoms with Gasteiger partial charge in [0.25, 0.3) is 0 Å². The van der Waals surface area contributed by atoms with Gasteiger partial charge in [0.1, 0.15) is 22.5 Å². The zero-order valence-electron chi connectivity index (χ0n) is 23.3. The van der Waals surface area contributed by atoms with Crippen LogP contribution in [0, 0.1) is 0 Å². The van der Waals surface area contributed by atoms with Crippen LogP contribution in [-0.4, -0.2) is 12.8 Å². The van der Waals surface area contributed by atoms with Gasteiger partial charge < -0.3 is 13.7 Å². The summed E-state index contributed by atoms with van der Waals surface area (Å²) in [6, 6.07) is 44.8. The number of anilines is 3. The lowest BCUT2D eigenvalue weighted by Crippen LogP contribution is -2.12. The van der Waals surface area contributed by atoms with Crippen LogP contribution in [0.1, 0.15) is 11.3 Å². The van der Waals surface area contributed by atoms with Gasteiger partial charge in [0.2, 0.25) is 0 Å². The van der Waals surface area contributed by atoms with Crippen molar-refractivity contribution in [3.05, 3.63) is 139 Å². The summed E-state index contributed by atoms with van der Waals surface area (Å²) in [5.74, 6) is 1.01. The van der Waals surface area contributed by atoms with Crippen LogP contribution >= 0.6 is 0 Å². The van der Waals surface area contributed by atoms with Crippen LogP contribution in [0.25, 0.3) is 54.8 Å². The standard InChI is InChI=1S/C39H26N2O2/c1-2-10-25(11-3-1)27-12-6-8-16-33(27)41(26-18-19-30-29-14-7-9-17-35(29)42-37(30)22-26)34-23-38-39(31-15-5-4-13-28(31)34)32-24-40-21-20-36(32)43-38/h1-19,22-24H,20-21H2. The van der Waals surface area contributed by atoms with E-state index >= 15 is 0 Å². The fourth-order valence-corrected chi connectivity index (χ4v) is 6.64. The van der Waals surface area contributed by atoms with Crippen LogP contribution < -0.4 is 4.90 Å². The largest absolute Gasteiger partial charge is 0.460 e. The molecule has 43 heavy (non-hydrogen) atoms. The molecular weight excluding hydrogens is 528 g/mol. The van der Waals surface area contributed by atoms with E-state index in [9.17, 15) is 0 Å².